The van der Waals surface area contributed by atoms with E-state index in [1.54, 1.807) is 0 Å². The molecule has 0 heterocycles. The van der Waals surface area contributed by atoms with E-state index in [1.165, 1.54) is 6.42 Å². The number of hydrogen-bond donors (Lipinski definition) is 1. The van der Waals surface area contributed by atoms with Gasteiger partial charge in [-0.2, -0.15) is 0 Å². The Hall–Kier alpha value is -0.570. The molecule has 0 spiro atoms. The van der Waals surface area contributed by atoms with E-state index in [0.29, 0.717) is 6.42 Å². The average Bonchev–Trinajstić information content (AvgIpc) is 1.77. The quantitative estimate of drug-likeness (QED) is 0.617. The molecule has 0 aromatic rings. The highest BCUT2D eigenvalue weighted by Crippen LogP contribution is 2.22. The fourth-order valence-corrected chi connectivity index (χ4v) is 0.986. The van der Waals surface area contributed by atoms with Crippen LogP contribution in [0.5, 0.6) is 0 Å². The van der Waals surface area contributed by atoms with Crippen molar-refractivity contribution in [1.29, 1.82) is 0 Å². The van der Waals surface area contributed by atoms with Gasteiger partial charge in [-0.05, 0) is 26.2 Å². The minimum absolute atomic E-state index is 0.0809. The summed E-state index contributed by atoms with van der Waals surface area (Å²) < 4.78 is 5.08. The number of esters is 1. The first-order valence-electron chi connectivity index (χ1n) is 4.13. The van der Waals surface area contributed by atoms with Crippen LogP contribution in [0.3, 0.4) is 0 Å². The van der Waals surface area contributed by atoms with E-state index in [2.05, 4.69) is 0 Å². The molecule has 0 aromatic carbocycles. The van der Waals surface area contributed by atoms with Crippen LogP contribution in [-0.2, 0) is 9.53 Å². The third-order valence-electron chi connectivity index (χ3n) is 1.84. The number of ether oxygens (including phenoxy) is 1. The van der Waals surface area contributed by atoms with Gasteiger partial charge in [0, 0.05) is 6.04 Å². The highest BCUT2D eigenvalue weighted by molar-refractivity contribution is 5.70. The molecule has 0 aromatic heterocycles. The summed E-state index contributed by atoms with van der Waals surface area (Å²) >= 11 is 0. The SMILES string of the molecule is C[C@H](N)CC(=O)OC1CCC1. The highest BCUT2D eigenvalue weighted by Gasteiger charge is 2.21. The van der Waals surface area contributed by atoms with E-state index in [4.69, 9.17) is 10.5 Å². The average molecular weight is 157 g/mol. The van der Waals surface area contributed by atoms with Gasteiger partial charge in [-0.3, -0.25) is 4.79 Å². The molecule has 0 bridgehead atoms. The molecule has 11 heavy (non-hydrogen) atoms. The van der Waals surface area contributed by atoms with Crippen molar-refractivity contribution in [2.24, 2.45) is 5.73 Å². The van der Waals surface area contributed by atoms with Gasteiger partial charge in [-0.15, -0.1) is 0 Å². The van der Waals surface area contributed by atoms with Gasteiger partial charge < -0.3 is 10.5 Å². The summed E-state index contributed by atoms with van der Waals surface area (Å²) in [5.41, 5.74) is 5.43. The van der Waals surface area contributed by atoms with Crippen LogP contribution in [0.15, 0.2) is 0 Å². The van der Waals surface area contributed by atoms with Crippen molar-refractivity contribution in [3.8, 4) is 0 Å². The van der Waals surface area contributed by atoms with Crippen LogP contribution in [0.1, 0.15) is 32.6 Å². The molecule has 1 rings (SSSR count). The number of carbonyl (C=O) groups is 1. The summed E-state index contributed by atoms with van der Waals surface area (Å²) in [5, 5.41) is 0. The maximum atomic E-state index is 11.0. The van der Waals surface area contributed by atoms with E-state index >= 15 is 0 Å². The first-order chi connectivity index (χ1) is 5.18. The minimum atomic E-state index is -0.148. The molecule has 64 valence electrons. The Kier molecular flexibility index (Phi) is 2.88. The maximum Gasteiger partial charge on any atom is 0.307 e. The molecule has 3 heteroatoms. The van der Waals surface area contributed by atoms with Gasteiger partial charge >= 0.3 is 5.97 Å². The molecule has 0 radical (unpaired) electrons. The molecule has 1 atom stereocenters. The fraction of sp³-hybridized carbons (Fsp3) is 0.875. The van der Waals surface area contributed by atoms with Gasteiger partial charge in [-0.25, -0.2) is 0 Å². The number of hydrogen-bond acceptors (Lipinski definition) is 3. The molecule has 0 saturated heterocycles. The Balaban J connectivity index is 2.09. The largest absolute Gasteiger partial charge is 0.462 e. The van der Waals surface area contributed by atoms with Crippen molar-refractivity contribution >= 4 is 5.97 Å². The third-order valence-corrected chi connectivity index (χ3v) is 1.84. The van der Waals surface area contributed by atoms with Crippen LogP contribution >= 0.6 is 0 Å². The van der Waals surface area contributed by atoms with Crippen molar-refractivity contribution < 1.29 is 9.53 Å². The first kappa shape index (κ1) is 8.53. The van der Waals surface area contributed by atoms with Crippen LogP contribution in [0.25, 0.3) is 0 Å². The molecule has 0 unspecified atom stereocenters. The van der Waals surface area contributed by atoms with Gasteiger partial charge in [0.1, 0.15) is 6.10 Å². The minimum Gasteiger partial charge on any atom is -0.462 e. The van der Waals surface area contributed by atoms with Crippen LogP contribution in [0.2, 0.25) is 0 Å². The molecular weight excluding hydrogens is 142 g/mol. The fourth-order valence-electron chi connectivity index (χ4n) is 0.986. The van der Waals surface area contributed by atoms with E-state index in [-0.39, 0.29) is 18.1 Å². The second kappa shape index (κ2) is 3.72. The van der Waals surface area contributed by atoms with Crippen molar-refractivity contribution in [2.45, 2.75) is 44.8 Å². The summed E-state index contributed by atoms with van der Waals surface area (Å²) in [5.74, 6) is -0.148. The van der Waals surface area contributed by atoms with Crippen LogP contribution in [0, 0.1) is 0 Å². The normalized spacial score (nSPS) is 20.5. The Labute approximate surface area is 66.9 Å². The lowest BCUT2D eigenvalue weighted by molar-refractivity contribution is -0.153. The van der Waals surface area contributed by atoms with Crippen LogP contribution in [0.4, 0.5) is 0 Å². The summed E-state index contributed by atoms with van der Waals surface area (Å²) in [6, 6.07) is -0.0809. The zero-order valence-electron chi connectivity index (χ0n) is 6.88. The number of carbonyl (C=O) groups excluding carboxylic acids is 1. The van der Waals surface area contributed by atoms with Crippen LogP contribution in [-0.4, -0.2) is 18.1 Å². The molecule has 0 aliphatic heterocycles. The van der Waals surface area contributed by atoms with Crippen LogP contribution < -0.4 is 5.73 Å². The Bertz CT molecular complexity index is 141. The molecule has 1 saturated carbocycles. The van der Waals surface area contributed by atoms with Gasteiger partial charge in [-0.1, -0.05) is 0 Å². The second-order valence-corrected chi connectivity index (χ2v) is 3.22. The number of rotatable bonds is 3. The molecular formula is C8H15NO2. The van der Waals surface area contributed by atoms with E-state index < -0.39 is 0 Å². The Morgan fingerprint density at radius 3 is 2.73 bits per heavy atom. The molecule has 1 aliphatic carbocycles. The second-order valence-electron chi connectivity index (χ2n) is 3.22. The van der Waals surface area contributed by atoms with E-state index in [9.17, 15) is 4.79 Å². The monoisotopic (exact) mass is 157 g/mol. The Morgan fingerprint density at radius 1 is 1.73 bits per heavy atom. The van der Waals surface area contributed by atoms with Gasteiger partial charge in [0.05, 0.1) is 6.42 Å². The zero-order valence-corrected chi connectivity index (χ0v) is 6.88. The smallest absolute Gasteiger partial charge is 0.307 e. The van der Waals surface area contributed by atoms with Crippen molar-refractivity contribution in [3.05, 3.63) is 0 Å². The molecule has 2 N–H and O–H groups in total. The molecule has 1 aliphatic rings. The lowest BCUT2D eigenvalue weighted by atomic mass is 9.96. The molecule has 0 amide bonds. The predicted molar refractivity (Wildman–Crippen MR) is 42.0 cm³/mol. The lowest BCUT2D eigenvalue weighted by Gasteiger charge is -2.25. The Morgan fingerprint density at radius 2 is 2.36 bits per heavy atom. The van der Waals surface area contributed by atoms with E-state index in [0.717, 1.165) is 12.8 Å². The van der Waals surface area contributed by atoms with Crippen molar-refractivity contribution in [2.75, 3.05) is 0 Å². The lowest BCUT2D eigenvalue weighted by Crippen LogP contribution is -2.28. The van der Waals surface area contributed by atoms with Gasteiger partial charge in [0.15, 0.2) is 0 Å². The third kappa shape index (κ3) is 2.89. The highest BCUT2D eigenvalue weighted by atomic mass is 16.5. The number of nitrogens with two attached hydrogens (primary N) is 1. The van der Waals surface area contributed by atoms with Crippen molar-refractivity contribution in [3.63, 3.8) is 0 Å². The zero-order chi connectivity index (χ0) is 8.27. The standard InChI is InChI=1S/C8H15NO2/c1-6(9)5-8(10)11-7-3-2-4-7/h6-7H,2-5,9H2,1H3/t6-/m0/s1. The summed E-state index contributed by atoms with van der Waals surface area (Å²) in [6.45, 7) is 1.81. The summed E-state index contributed by atoms with van der Waals surface area (Å²) in [4.78, 5) is 11.0. The predicted octanol–water partition coefficient (Wildman–Crippen LogP) is 0.819. The topological polar surface area (TPSA) is 52.3 Å². The van der Waals surface area contributed by atoms with Gasteiger partial charge in [0.2, 0.25) is 0 Å². The van der Waals surface area contributed by atoms with Gasteiger partial charge in [0.25, 0.3) is 0 Å². The maximum absolute atomic E-state index is 11.0. The molecule has 3 nitrogen and oxygen atoms in total. The summed E-state index contributed by atoms with van der Waals surface area (Å²) in [7, 11) is 0. The first-order valence-corrected chi connectivity index (χ1v) is 4.13. The summed E-state index contributed by atoms with van der Waals surface area (Å²) in [6.07, 6.45) is 3.79. The molecule has 1 fully saturated rings. The van der Waals surface area contributed by atoms with E-state index in [1.807, 2.05) is 6.92 Å². The van der Waals surface area contributed by atoms with Crippen molar-refractivity contribution in [1.82, 2.24) is 0 Å².